The van der Waals surface area contributed by atoms with E-state index in [-0.39, 0.29) is 17.5 Å². The van der Waals surface area contributed by atoms with E-state index in [1.54, 1.807) is 54.8 Å². The van der Waals surface area contributed by atoms with Crippen LogP contribution in [0.4, 0.5) is 10.2 Å². The van der Waals surface area contributed by atoms with Gasteiger partial charge < -0.3 is 14.6 Å². The lowest BCUT2D eigenvalue weighted by atomic mass is 10.0. The van der Waals surface area contributed by atoms with E-state index in [4.69, 9.17) is 0 Å². The van der Waals surface area contributed by atoms with Crippen molar-refractivity contribution in [2.45, 2.75) is 25.8 Å². The maximum Gasteiger partial charge on any atom is 0.298 e. The Kier molecular flexibility index (Phi) is 5.98. The first-order valence-corrected chi connectivity index (χ1v) is 11.3. The van der Waals surface area contributed by atoms with E-state index in [1.165, 1.54) is 12.1 Å². The predicted molar refractivity (Wildman–Crippen MR) is 130 cm³/mol. The first-order chi connectivity index (χ1) is 17.1. The summed E-state index contributed by atoms with van der Waals surface area (Å²) in [7, 11) is 0. The number of hydrogen-bond donors (Lipinski definition) is 1. The molecule has 0 radical (unpaired) electrons. The van der Waals surface area contributed by atoms with E-state index >= 15 is 4.39 Å². The quantitative estimate of drug-likeness (QED) is 0.449. The van der Waals surface area contributed by atoms with Gasteiger partial charge in [0, 0.05) is 30.1 Å². The van der Waals surface area contributed by atoms with Crippen molar-refractivity contribution in [1.82, 2.24) is 19.3 Å². The Bertz CT molecular complexity index is 1490. The van der Waals surface area contributed by atoms with E-state index in [0.29, 0.717) is 17.9 Å². The van der Waals surface area contributed by atoms with Gasteiger partial charge in [0.1, 0.15) is 11.6 Å². The Morgan fingerprint density at radius 3 is 2.80 bits per heavy atom. The molecule has 4 aromatic rings. The van der Waals surface area contributed by atoms with Gasteiger partial charge in [0.2, 0.25) is 0 Å². The molecule has 5 rings (SSSR count). The maximum atomic E-state index is 15.1. The molecule has 1 aliphatic heterocycles. The van der Waals surface area contributed by atoms with Crippen LogP contribution in [0, 0.1) is 17.7 Å². The lowest BCUT2D eigenvalue weighted by Gasteiger charge is -2.22. The number of benzene rings is 1. The molecule has 2 amide bonds. The van der Waals surface area contributed by atoms with E-state index in [0.717, 1.165) is 29.6 Å². The van der Waals surface area contributed by atoms with Gasteiger partial charge >= 0.3 is 0 Å². The number of carbonyl (C=O) groups is 2. The number of nitrogens with zero attached hydrogens (tertiary/aromatic N) is 4. The minimum Gasteiger partial charge on any atom is -0.325 e. The molecule has 1 atom stereocenters. The topological polar surface area (TPSA) is 79.6 Å². The third kappa shape index (κ3) is 4.24. The van der Waals surface area contributed by atoms with Crippen molar-refractivity contribution in [3.8, 4) is 23.1 Å². The number of hydrogen-bond acceptors (Lipinski definition) is 4. The number of fused-ring (bicyclic) bond motifs is 1. The standard InChI is InChI=1S/C27H22FN5O2/c1-2-6-26(34)32-14-5-7-22(32)20-16-24(33-17-29-13-11-23(20)33)18-9-10-19(21(28)15-18)27(35)31-25-8-3-4-12-30-25/h3-4,8-13,15-17,22H,5,7,14H2,1H3,(H,30,31,35). The fourth-order valence-corrected chi connectivity index (χ4v) is 4.56. The molecule has 35 heavy (non-hydrogen) atoms. The summed E-state index contributed by atoms with van der Waals surface area (Å²) in [4.78, 5) is 35.2. The van der Waals surface area contributed by atoms with Crippen LogP contribution >= 0.6 is 0 Å². The summed E-state index contributed by atoms with van der Waals surface area (Å²) in [6.07, 6.45) is 6.61. The summed E-state index contributed by atoms with van der Waals surface area (Å²) in [6, 6.07) is 13.3. The van der Waals surface area contributed by atoms with Gasteiger partial charge in [0.15, 0.2) is 0 Å². The van der Waals surface area contributed by atoms with Crippen LogP contribution in [0.15, 0.2) is 67.3 Å². The summed E-state index contributed by atoms with van der Waals surface area (Å²) in [6.45, 7) is 2.29. The molecular weight excluding hydrogens is 445 g/mol. The maximum absolute atomic E-state index is 15.1. The molecule has 174 valence electrons. The van der Waals surface area contributed by atoms with Crippen LogP contribution in [0.25, 0.3) is 16.8 Å². The molecule has 0 spiro atoms. The Labute approximate surface area is 201 Å². The second kappa shape index (κ2) is 9.39. The Morgan fingerprint density at radius 1 is 1.14 bits per heavy atom. The van der Waals surface area contributed by atoms with Crippen LogP contribution < -0.4 is 5.32 Å². The van der Waals surface area contributed by atoms with Gasteiger partial charge in [-0.1, -0.05) is 18.1 Å². The van der Waals surface area contributed by atoms with Crippen LogP contribution in [0.3, 0.4) is 0 Å². The Hall–Kier alpha value is -4.51. The van der Waals surface area contributed by atoms with E-state index in [1.807, 2.05) is 16.5 Å². The van der Waals surface area contributed by atoms with Crippen LogP contribution in [0.2, 0.25) is 0 Å². The third-order valence-electron chi connectivity index (χ3n) is 6.13. The molecule has 0 bridgehead atoms. The van der Waals surface area contributed by atoms with Gasteiger partial charge in [-0.2, -0.15) is 0 Å². The van der Waals surface area contributed by atoms with Gasteiger partial charge in [-0.15, -0.1) is 0 Å². The highest BCUT2D eigenvalue weighted by Gasteiger charge is 2.32. The molecule has 0 saturated carbocycles. The zero-order chi connectivity index (χ0) is 24.4. The van der Waals surface area contributed by atoms with Crippen LogP contribution in [-0.4, -0.2) is 37.6 Å². The van der Waals surface area contributed by atoms with Crippen molar-refractivity contribution in [1.29, 1.82) is 0 Å². The second-order valence-electron chi connectivity index (χ2n) is 8.22. The molecule has 7 nitrogen and oxygen atoms in total. The number of amides is 2. The summed E-state index contributed by atoms with van der Waals surface area (Å²) in [5.74, 6) is 4.25. The molecule has 1 N–H and O–H groups in total. The average Bonchev–Trinajstić information content (AvgIpc) is 3.50. The van der Waals surface area contributed by atoms with E-state index in [9.17, 15) is 9.59 Å². The lowest BCUT2D eigenvalue weighted by molar-refractivity contribution is -0.125. The van der Waals surface area contributed by atoms with Crippen molar-refractivity contribution < 1.29 is 14.0 Å². The van der Waals surface area contributed by atoms with Gasteiger partial charge in [-0.3, -0.25) is 9.59 Å². The number of halogens is 1. The Balaban J connectivity index is 1.51. The van der Waals surface area contributed by atoms with Gasteiger partial charge in [-0.25, -0.2) is 14.4 Å². The second-order valence-corrected chi connectivity index (χ2v) is 8.22. The van der Waals surface area contributed by atoms with Crippen molar-refractivity contribution in [3.63, 3.8) is 0 Å². The average molecular weight is 468 g/mol. The number of rotatable bonds is 4. The largest absolute Gasteiger partial charge is 0.325 e. The molecule has 1 unspecified atom stereocenters. The lowest BCUT2D eigenvalue weighted by Crippen LogP contribution is -2.29. The molecular formula is C27H22FN5O2. The number of likely N-dealkylation sites (tertiary alicyclic amines) is 1. The number of carbonyl (C=O) groups excluding carboxylic acids is 2. The molecule has 0 aliphatic carbocycles. The highest BCUT2D eigenvalue weighted by atomic mass is 19.1. The number of nitrogens with one attached hydrogen (secondary N) is 1. The molecule has 1 aliphatic rings. The first-order valence-electron chi connectivity index (χ1n) is 11.3. The fourth-order valence-electron chi connectivity index (χ4n) is 4.56. The van der Waals surface area contributed by atoms with E-state index in [2.05, 4.69) is 27.1 Å². The van der Waals surface area contributed by atoms with Crippen molar-refractivity contribution in [2.24, 2.45) is 0 Å². The molecule has 1 saturated heterocycles. The SMILES string of the molecule is CC#CC(=O)N1CCCC1c1cc(-c2ccc(C(=O)Nc3ccccn3)c(F)c2)n2cnccc12. The molecule has 1 aromatic carbocycles. The number of aromatic nitrogens is 3. The van der Waals surface area contributed by atoms with Crippen LogP contribution in [-0.2, 0) is 4.79 Å². The van der Waals surface area contributed by atoms with Gasteiger partial charge in [-0.05, 0) is 62.1 Å². The fraction of sp³-hybridized carbons (Fsp3) is 0.185. The third-order valence-corrected chi connectivity index (χ3v) is 6.13. The smallest absolute Gasteiger partial charge is 0.298 e. The minimum atomic E-state index is -0.646. The van der Waals surface area contributed by atoms with Crippen molar-refractivity contribution in [2.75, 3.05) is 11.9 Å². The highest BCUT2D eigenvalue weighted by molar-refractivity contribution is 6.04. The molecule has 8 heteroatoms. The minimum absolute atomic E-state index is 0.0793. The van der Waals surface area contributed by atoms with E-state index < -0.39 is 11.7 Å². The zero-order valence-electron chi connectivity index (χ0n) is 19.0. The summed E-state index contributed by atoms with van der Waals surface area (Å²) in [5.41, 5.74) is 3.09. The summed E-state index contributed by atoms with van der Waals surface area (Å²) in [5, 5.41) is 2.60. The van der Waals surface area contributed by atoms with Crippen LogP contribution in [0.5, 0.6) is 0 Å². The van der Waals surface area contributed by atoms with Gasteiger partial charge in [0.05, 0.1) is 29.1 Å². The summed E-state index contributed by atoms with van der Waals surface area (Å²) < 4.78 is 17.0. The number of anilines is 1. The first kappa shape index (κ1) is 22.3. The normalized spacial score (nSPS) is 15.0. The summed E-state index contributed by atoms with van der Waals surface area (Å²) >= 11 is 0. The van der Waals surface area contributed by atoms with Crippen molar-refractivity contribution in [3.05, 3.63) is 84.2 Å². The molecule has 3 aromatic heterocycles. The number of pyridine rings is 1. The van der Waals surface area contributed by atoms with Crippen LogP contribution in [0.1, 0.15) is 41.7 Å². The zero-order valence-corrected chi connectivity index (χ0v) is 19.0. The van der Waals surface area contributed by atoms with Gasteiger partial charge in [0.25, 0.3) is 11.8 Å². The predicted octanol–water partition coefficient (Wildman–Crippen LogP) is 4.47. The highest BCUT2D eigenvalue weighted by Crippen LogP contribution is 2.38. The Morgan fingerprint density at radius 2 is 2.03 bits per heavy atom. The van der Waals surface area contributed by atoms with Crippen molar-refractivity contribution >= 4 is 23.1 Å². The molecule has 1 fully saturated rings. The molecule has 4 heterocycles. The monoisotopic (exact) mass is 467 g/mol.